The third-order valence-electron chi connectivity index (χ3n) is 4.56. The van der Waals surface area contributed by atoms with Gasteiger partial charge in [0.2, 0.25) is 0 Å². The molecule has 0 aliphatic heterocycles. The predicted octanol–water partition coefficient (Wildman–Crippen LogP) is 5.02. The van der Waals surface area contributed by atoms with Crippen molar-refractivity contribution in [3.63, 3.8) is 0 Å². The van der Waals surface area contributed by atoms with Crippen LogP contribution < -0.4 is 0 Å². The zero-order chi connectivity index (χ0) is 14.1. The van der Waals surface area contributed by atoms with Crippen LogP contribution in [0.4, 0.5) is 0 Å². The molecule has 0 bridgehead atoms. The van der Waals surface area contributed by atoms with Gasteiger partial charge >= 0.3 is 0 Å². The Morgan fingerprint density at radius 3 is 2.95 bits per heavy atom. The number of aryl methyl sites for hydroxylation is 1. The number of nitrogens with zero attached hydrogens (tertiary/aromatic N) is 2. The number of halogens is 2. The Morgan fingerprint density at radius 2 is 2.25 bits per heavy atom. The van der Waals surface area contributed by atoms with Crippen LogP contribution in [-0.4, -0.2) is 15.4 Å². The zero-order valence-electron chi connectivity index (χ0n) is 11.8. The third kappa shape index (κ3) is 2.75. The maximum atomic E-state index is 5.95. The lowest BCUT2D eigenvalue weighted by atomic mass is 9.98. The van der Waals surface area contributed by atoms with E-state index in [4.69, 9.17) is 16.6 Å². The van der Waals surface area contributed by atoms with Crippen molar-refractivity contribution in [3.8, 4) is 0 Å². The van der Waals surface area contributed by atoms with Gasteiger partial charge < -0.3 is 4.57 Å². The Hall–Kier alpha value is -0.540. The highest BCUT2D eigenvalue weighted by Crippen LogP contribution is 2.34. The molecule has 2 nitrogen and oxygen atoms in total. The summed E-state index contributed by atoms with van der Waals surface area (Å²) >= 11 is 9.48. The van der Waals surface area contributed by atoms with Crippen LogP contribution >= 0.6 is 27.5 Å². The van der Waals surface area contributed by atoms with Gasteiger partial charge in [-0.3, -0.25) is 0 Å². The minimum atomic E-state index is 0.630. The summed E-state index contributed by atoms with van der Waals surface area (Å²) in [6, 6.07) is 6.37. The van der Waals surface area contributed by atoms with Crippen molar-refractivity contribution in [2.24, 2.45) is 11.8 Å². The fourth-order valence-corrected chi connectivity index (χ4v) is 3.88. The van der Waals surface area contributed by atoms with E-state index in [0.29, 0.717) is 5.88 Å². The summed E-state index contributed by atoms with van der Waals surface area (Å²) in [5.41, 5.74) is 2.32. The lowest BCUT2D eigenvalue weighted by Crippen LogP contribution is -2.15. The Bertz CT molecular complexity index is 608. The van der Waals surface area contributed by atoms with E-state index in [1.807, 2.05) is 0 Å². The topological polar surface area (TPSA) is 17.8 Å². The molecule has 0 saturated heterocycles. The summed E-state index contributed by atoms with van der Waals surface area (Å²) in [5, 5.41) is 0. The molecule has 1 aromatic heterocycles. The Balaban J connectivity index is 1.99. The molecule has 1 aromatic carbocycles. The highest BCUT2D eigenvalue weighted by Gasteiger charge is 2.25. The number of hydrogen-bond donors (Lipinski definition) is 0. The first-order valence-corrected chi connectivity index (χ1v) is 8.72. The first-order valence-electron chi connectivity index (χ1n) is 7.39. The fraction of sp³-hybridized carbons (Fsp3) is 0.562. The van der Waals surface area contributed by atoms with E-state index in [1.54, 1.807) is 0 Å². The Kier molecular flexibility index (Phi) is 4.37. The zero-order valence-corrected chi connectivity index (χ0v) is 14.1. The van der Waals surface area contributed by atoms with Gasteiger partial charge in [0, 0.05) is 23.3 Å². The van der Waals surface area contributed by atoms with Crippen LogP contribution in [0.5, 0.6) is 0 Å². The Labute approximate surface area is 133 Å². The minimum absolute atomic E-state index is 0.630. The molecule has 2 unspecified atom stereocenters. The minimum Gasteiger partial charge on any atom is -0.328 e. The van der Waals surface area contributed by atoms with Crippen molar-refractivity contribution in [1.29, 1.82) is 0 Å². The van der Waals surface area contributed by atoms with Crippen LogP contribution in [0.3, 0.4) is 0 Å². The van der Waals surface area contributed by atoms with E-state index in [1.165, 1.54) is 24.8 Å². The lowest BCUT2D eigenvalue weighted by molar-refractivity contribution is 0.363. The van der Waals surface area contributed by atoms with Crippen LogP contribution in [0, 0.1) is 11.8 Å². The maximum Gasteiger partial charge on any atom is 0.111 e. The van der Waals surface area contributed by atoms with Gasteiger partial charge in [0.1, 0.15) is 5.82 Å². The highest BCUT2D eigenvalue weighted by molar-refractivity contribution is 9.10. The average Bonchev–Trinajstić information content (AvgIpc) is 2.96. The van der Waals surface area contributed by atoms with Crippen molar-refractivity contribution >= 4 is 38.6 Å². The van der Waals surface area contributed by atoms with Crippen LogP contribution in [0.2, 0.25) is 0 Å². The molecule has 1 fully saturated rings. The standard InChI is InChI=1S/C16H20BrClN2/c1-11-3-2-4-12(11)10-20-15-6-5-13(17)9-14(15)19-16(20)7-8-18/h5-6,9,11-12H,2-4,7-8,10H2,1H3. The lowest BCUT2D eigenvalue weighted by Gasteiger charge is -2.18. The van der Waals surface area contributed by atoms with Crippen LogP contribution in [0.1, 0.15) is 32.0 Å². The van der Waals surface area contributed by atoms with Crippen molar-refractivity contribution < 1.29 is 0 Å². The summed E-state index contributed by atoms with van der Waals surface area (Å²) in [4.78, 5) is 4.78. The van der Waals surface area contributed by atoms with Gasteiger partial charge in [0.25, 0.3) is 0 Å². The number of fused-ring (bicyclic) bond motifs is 1. The van der Waals surface area contributed by atoms with Gasteiger partial charge in [0.05, 0.1) is 11.0 Å². The molecule has 0 amide bonds. The molecule has 20 heavy (non-hydrogen) atoms. The van der Waals surface area contributed by atoms with E-state index < -0.39 is 0 Å². The molecular weight excluding hydrogens is 336 g/mol. The molecular formula is C16H20BrClN2. The number of benzene rings is 1. The summed E-state index contributed by atoms with van der Waals surface area (Å²) < 4.78 is 3.48. The summed E-state index contributed by atoms with van der Waals surface area (Å²) in [6.07, 6.45) is 4.93. The van der Waals surface area contributed by atoms with Crippen molar-refractivity contribution in [1.82, 2.24) is 9.55 Å². The number of imidazole rings is 1. The normalized spacial score (nSPS) is 22.8. The number of hydrogen-bond acceptors (Lipinski definition) is 1. The summed E-state index contributed by atoms with van der Waals surface area (Å²) in [6.45, 7) is 3.47. The first kappa shape index (κ1) is 14.4. The molecule has 0 N–H and O–H groups in total. The predicted molar refractivity (Wildman–Crippen MR) is 88.4 cm³/mol. The van der Waals surface area contributed by atoms with Crippen molar-refractivity contribution in [2.75, 3.05) is 5.88 Å². The van der Waals surface area contributed by atoms with Gasteiger partial charge in [-0.1, -0.05) is 35.7 Å². The molecule has 2 atom stereocenters. The molecule has 1 aliphatic rings. The quantitative estimate of drug-likeness (QED) is 0.704. The van der Waals surface area contributed by atoms with Crippen LogP contribution in [-0.2, 0) is 13.0 Å². The smallest absolute Gasteiger partial charge is 0.111 e. The monoisotopic (exact) mass is 354 g/mol. The fourth-order valence-electron chi connectivity index (χ4n) is 3.36. The highest BCUT2D eigenvalue weighted by atomic mass is 79.9. The van der Waals surface area contributed by atoms with E-state index >= 15 is 0 Å². The summed E-state index contributed by atoms with van der Waals surface area (Å²) in [7, 11) is 0. The summed E-state index contributed by atoms with van der Waals surface area (Å²) in [5.74, 6) is 3.37. The second-order valence-electron chi connectivity index (χ2n) is 5.88. The van der Waals surface area contributed by atoms with Crippen molar-refractivity contribution in [3.05, 3.63) is 28.5 Å². The SMILES string of the molecule is CC1CCCC1Cn1c(CCCl)nc2cc(Br)ccc21. The molecule has 2 aromatic rings. The molecule has 1 saturated carbocycles. The molecule has 108 valence electrons. The molecule has 0 radical (unpaired) electrons. The Morgan fingerprint density at radius 1 is 1.40 bits per heavy atom. The van der Waals surface area contributed by atoms with Crippen LogP contribution in [0.15, 0.2) is 22.7 Å². The van der Waals surface area contributed by atoms with Gasteiger partial charge in [-0.25, -0.2) is 4.98 Å². The number of aromatic nitrogens is 2. The largest absolute Gasteiger partial charge is 0.328 e. The molecule has 1 heterocycles. The van der Waals surface area contributed by atoms with Gasteiger partial charge in [-0.2, -0.15) is 0 Å². The van der Waals surface area contributed by atoms with Crippen molar-refractivity contribution in [2.45, 2.75) is 39.2 Å². The number of rotatable bonds is 4. The second kappa shape index (κ2) is 6.07. The average molecular weight is 356 g/mol. The second-order valence-corrected chi connectivity index (χ2v) is 7.17. The van der Waals surface area contributed by atoms with Gasteiger partial charge in [0.15, 0.2) is 0 Å². The van der Waals surface area contributed by atoms with E-state index in [9.17, 15) is 0 Å². The maximum absolute atomic E-state index is 5.95. The molecule has 3 rings (SSSR count). The van der Waals surface area contributed by atoms with E-state index in [-0.39, 0.29) is 0 Å². The molecule has 4 heteroatoms. The molecule has 0 spiro atoms. The third-order valence-corrected chi connectivity index (χ3v) is 5.25. The van der Waals surface area contributed by atoms with Gasteiger partial charge in [-0.05, 0) is 36.5 Å². The van der Waals surface area contributed by atoms with Gasteiger partial charge in [-0.15, -0.1) is 11.6 Å². The van der Waals surface area contributed by atoms with E-state index in [0.717, 1.165) is 40.6 Å². The number of alkyl halides is 1. The first-order chi connectivity index (χ1) is 9.69. The molecule has 1 aliphatic carbocycles. The van der Waals surface area contributed by atoms with Crippen LogP contribution in [0.25, 0.3) is 11.0 Å². The van der Waals surface area contributed by atoms with E-state index in [2.05, 4.69) is 45.6 Å².